The number of rotatable bonds is 7. The van der Waals surface area contributed by atoms with Gasteiger partial charge in [-0.2, -0.15) is 0 Å². The summed E-state index contributed by atoms with van der Waals surface area (Å²) in [4.78, 5) is 12.4. The van der Waals surface area contributed by atoms with Crippen molar-refractivity contribution >= 4 is 16.7 Å². The lowest BCUT2D eigenvalue weighted by Crippen LogP contribution is -2.36. The average molecular weight is 499 g/mol. The Labute approximate surface area is 216 Å². The van der Waals surface area contributed by atoms with Crippen molar-refractivity contribution in [1.82, 2.24) is 0 Å². The van der Waals surface area contributed by atoms with Gasteiger partial charge >= 0.3 is 5.97 Å². The van der Waals surface area contributed by atoms with Gasteiger partial charge in [-0.3, -0.25) is 0 Å². The van der Waals surface area contributed by atoms with Gasteiger partial charge in [0.25, 0.3) is 0 Å². The quantitative estimate of drug-likeness (QED) is 0.262. The maximum Gasteiger partial charge on any atom is 0.338 e. The minimum absolute atomic E-state index is 0.272. The molecule has 0 bridgehead atoms. The lowest BCUT2D eigenvalue weighted by molar-refractivity contribution is -0.0762. The molecule has 1 aromatic heterocycles. The third kappa shape index (κ3) is 4.30. The molecular formula is C31H30O6. The van der Waals surface area contributed by atoms with Crippen molar-refractivity contribution in [3.8, 4) is 16.9 Å². The van der Waals surface area contributed by atoms with Crippen LogP contribution in [-0.4, -0.2) is 26.3 Å². The van der Waals surface area contributed by atoms with Gasteiger partial charge in [-0.25, -0.2) is 4.79 Å². The number of ether oxygens (including phenoxy) is 4. The fourth-order valence-electron chi connectivity index (χ4n) is 5.82. The van der Waals surface area contributed by atoms with Gasteiger partial charge in [-0.1, -0.05) is 24.3 Å². The van der Waals surface area contributed by atoms with E-state index in [9.17, 15) is 4.79 Å². The van der Waals surface area contributed by atoms with Crippen LogP contribution in [0.5, 0.6) is 5.75 Å². The molecule has 37 heavy (non-hydrogen) atoms. The summed E-state index contributed by atoms with van der Waals surface area (Å²) in [6.45, 7) is 0.704. The number of hydrogen-bond donors (Lipinski definition) is 0. The van der Waals surface area contributed by atoms with Crippen molar-refractivity contribution in [2.75, 3.05) is 14.2 Å². The topological polar surface area (TPSA) is 67.1 Å². The largest absolute Gasteiger partial charge is 0.489 e. The number of carbonyl (C=O) groups excluding carboxylic acids is 1. The molecule has 0 atom stereocenters. The lowest BCUT2D eigenvalue weighted by Gasteiger charge is -2.39. The van der Waals surface area contributed by atoms with Crippen LogP contribution in [0.1, 0.15) is 52.7 Å². The van der Waals surface area contributed by atoms with Crippen molar-refractivity contribution in [1.29, 1.82) is 0 Å². The van der Waals surface area contributed by atoms with Crippen molar-refractivity contribution in [3.63, 3.8) is 0 Å². The number of furan rings is 1. The molecular weight excluding hydrogens is 468 g/mol. The Bertz CT molecular complexity index is 1430. The van der Waals surface area contributed by atoms with Crippen molar-refractivity contribution < 1.29 is 28.2 Å². The highest BCUT2D eigenvalue weighted by Gasteiger charge is 2.37. The van der Waals surface area contributed by atoms with Gasteiger partial charge in [-0.05, 0) is 77.9 Å². The van der Waals surface area contributed by atoms with E-state index in [1.54, 1.807) is 26.7 Å². The van der Waals surface area contributed by atoms with Crippen LogP contribution in [0.3, 0.4) is 0 Å². The molecule has 0 amide bonds. The lowest BCUT2D eigenvalue weighted by atomic mass is 9.78. The Morgan fingerprint density at radius 1 is 1.03 bits per heavy atom. The van der Waals surface area contributed by atoms with E-state index >= 15 is 0 Å². The summed E-state index contributed by atoms with van der Waals surface area (Å²) in [5.74, 6) is 0.445. The molecule has 1 saturated carbocycles. The third-order valence-electron chi connectivity index (χ3n) is 7.92. The van der Waals surface area contributed by atoms with Gasteiger partial charge in [0.05, 0.1) is 29.8 Å². The van der Waals surface area contributed by atoms with Crippen LogP contribution in [0.2, 0.25) is 0 Å². The minimum Gasteiger partial charge on any atom is -0.489 e. The second-order valence-corrected chi connectivity index (χ2v) is 9.87. The van der Waals surface area contributed by atoms with Crippen molar-refractivity contribution in [2.45, 2.75) is 50.6 Å². The number of hydrogen-bond acceptors (Lipinski definition) is 6. The van der Waals surface area contributed by atoms with E-state index in [0.717, 1.165) is 64.5 Å². The van der Waals surface area contributed by atoms with Crippen LogP contribution >= 0.6 is 0 Å². The molecule has 2 aliphatic rings. The van der Waals surface area contributed by atoms with E-state index in [2.05, 4.69) is 24.3 Å². The molecule has 4 aromatic rings. The van der Waals surface area contributed by atoms with Crippen LogP contribution in [-0.2, 0) is 33.0 Å². The molecule has 190 valence electrons. The number of esters is 1. The smallest absolute Gasteiger partial charge is 0.338 e. The normalized spacial score (nSPS) is 21.1. The zero-order valence-electron chi connectivity index (χ0n) is 21.1. The number of carbonyl (C=O) groups is 1. The zero-order valence-corrected chi connectivity index (χ0v) is 21.1. The third-order valence-corrected chi connectivity index (χ3v) is 7.92. The maximum absolute atomic E-state index is 12.4. The molecule has 6 heteroatoms. The van der Waals surface area contributed by atoms with Crippen LogP contribution in [0.4, 0.5) is 0 Å². The monoisotopic (exact) mass is 498 g/mol. The molecule has 2 heterocycles. The predicted molar refractivity (Wildman–Crippen MR) is 139 cm³/mol. The average Bonchev–Trinajstić information content (AvgIpc) is 3.61. The Morgan fingerprint density at radius 3 is 2.65 bits per heavy atom. The number of fused-ring (bicyclic) bond motifs is 2. The van der Waals surface area contributed by atoms with Crippen LogP contribution < -0.4 is 4.74 Å². The molecule has 1 aliphatic carbocycles. The summed E-state index contributed by atoms with van der Waals surface area (Å²) in [6.07, 6.45) is 7.48. The first-order valence-electron chi connectivity index (χ1n) is 12.7. The standard InChI is InChI=1S/C31H30O6/c1-33-24-8-11-31(34-2,12-9-24)23-5-3-4-20(14-23)17-36-25-6-7-26-22(15-25)16-27-28(19-37-30(27)32)29(26)21-10-13-35-18-21/h3-7,10,13-16,18,24H,8-9,11-12,17,19H2,1-2H3. The molecule has 6 nitrogen and oxygen atoms in total. The van der Waals surface area contributed by atoms with Gasteiger partial charge < -0.3 is 23.4 Å². The van der Waals surface area contributed by atoms with E-state index in [1.165, 1.54) is 5.56 Å². The van der Waals surface area contributed by atoms with E-state index in [-0.39, 0.29) is 18.2 Å². The summed E-state index contributed by atoms with van der Waals surface area (Å²) in [7, 11) is 3.59. The van der Waals surface area contributed by atoms with Crippen LogP contribution in [0, 0.1) is 0 Å². The van der Waals surface area contributed by atoms with Gasteiger partial charge in [0.2, 0.25) is 0 Å². The molecule has 3 aromatic carbocycles. The van der Waals surface area contributed by atoms with Crippen LogP contribution in [0.15, 0.2) is 71.5 Å². The van der Waals surface area contributed by atoms with E-state index in [4.69, 9.17) is 23.4 Å². The Kier molecular flexibility index (Phi) is 6.22. The van der Waals surface area contributed by atoms with Gasteiger partial charge in [0.1, 0.15) is 19.0 Å². The van der Waals surface area contributed by atoms with Crippen LogP contribution in [0.25, 0.3) is 21.9 Å². The summed E-state index contributed by atoms with van der Waals surface area (Å²) >= 11 is 0. The van der Waals surface area contributed by atoms with Crippen molar-refractivity contribution in [2.24, 2.45) is 0 Å². The molecule has 0 radical (unpaired) electrons. The fourth-order valence-corrected chi connectivity index (χ4v) is 5.82. The minimum atomic E-state index is -0.295. The van der Waals surface area contributed by atoms with E-state index in [0.29, 0.717) is 18.3 Å². The zero-order chi connectivity index (χ0) is 25.4. The number of benzene rings is 3. The van der Waals surface area contributed by atoms with E-state index in [1.807, 2.05) is 30.3 Å². The molecule has 1 fully saturated rings. The molecule has 1 aliphatic heterocycles. The first-order valence-corrected chi connectivity index (χ1v) is 12.7. The molecule has 0 unspecified atom stereocenters. The van der Waals surface area contributed by atoms with Gasteiger partial charge in [-0.15, -0.1) is 0 Å². The van der Waals surface area contributed by atoms with Crippen molar-refractivity contribution in [3.05, 3.63) is 89.4 Å². The highest BCUT2D eigenvalue weighted by molar-refractivity contribution is 6.07. The summed E-state index contributed by atoms with van der Waals surface area (Å²) in [6, 6.07) is 18.3. The Balaban J connectivity index is 1.26. The van der Waals surface area contributed by atoms with Gasteiger partial charge in [0.15, 0.2) is 0 Å². The number of methoxy groups -OCH3 is 2. The second kappa shape index (κ2) is 9.69. The van der Waals surface area contributed by atoms with Gasteiger partial charge in [0, 0.05) is 30.9 Å². The molecule has 0 N–H and O–H groups in total. The summed E-state index contributed by atoms with van der Waals surface area (Å²) in [5, 5.41) is 1.95. The first-order chi connectivity index (χ1) is 18.1. The summed E-state index contributed by atoms with van der Waals surface area (Å²) < 4.78 is 28.5. The summed E-state index contributed by atoms with van der Waals surface area (Å²) in [5.41, 5.74) is 5.38. The highest BCUT2D eigenvalue weighted by atomic mass is 16.5. The molecule has 6 rings (SSSR count). The molecule has 0 saturated heterocycles. The SMILES string of the molecule is COC1CCC(OC)(c2cccc(COc3ccc4c(-c5ccoc5)c5c(cc4c3)C(=O)OC5)c2)CC1. The Hall–Kier alpha value is -3.61. The maximum atomic E-state index is 12.4. The molecule has 0 spiro atoms. The first kappa shape index (κ1) is 23.8. The predicted octanol–water partition coefficient (Wildman–Crippen LogP) is 6.78. The number of cyclic esters (lactones) is 1. The second-order valence-electron chi connectivity index (χ2n) is 9.87. The Morgan fingerprint density at radius 2 is 1.89 bits per heavy atom. The fraction of sp³-hybridized carbons (Fsp3) is 0.323. The highest BCUT2D eigenvalue weighted by Crippen LogP contribution is 2.42. The van der Waals surface area contributed by atoms with E-state index < -0.39 is 0 Å².